The van der Waals surface area contributed by atoms with Crippen LogP contribution in [0.15, 0.2) is 309 Å². The maximum absolute atomic E-state index is 6.80. The molecule has 0 fully saturated rings. The number of benzene rings is 13. The zero-order valence-electron chi connectivity index (χ0n) is 45.7. The minimum absolute atomic E-state index is 0.530. The maximum Gasteiger partial charge on any atom is 0.132 e. The third-order valence-electron chi connectivity index (χ3n) is 19.1. The van der Waals surface area contributed by atoms with Gasteiger partial charge in [-0.3, -0.25) is 0 Å². The summed E-state index contributed by atoms with van der Waals surface area (Å²) in [6.07, 6.45) is 0. The Labute approximate surface area is 488 Å². The summed E-state index contributed by atoms with van der Waals surface area (Å²) in [5, 5.41) is 0. The van der Waals surface area contributed by atoms with Gasteiger partial charge in [0, 0.05) is 39.2 Å². The molecule has 3 heteroatoms. The largest absolute Gasteiger partial charge is 0.457 e. The molecule has 0 unspecified atom stereocenters. The van der Waals surface area contributed by atoms with Gasteiger partial charge in [-0.05, 0) is 144 Å². The van der Waals surface area contributed by atoms with Crippen molar-refractivity contribution in [3.05, 3.63) is 376 Å². The van der Waals surface area contributed by atoms with Crippen LogP contribution in [0, 0.1) is 0 Å². The highest BCUT2D eigenvalue weighted by Crippen LogP contribution is 2.66. The van der Waals surface area contributed by atoms with Crippen molar-refractivity contribution in [1.29, 1.82) is 0 Å². The summed E-state index contributed by atoms with van der Waals surface area (Å²) in [4.78, 5) is 2.53. The second-order valence-electron chi connectivity index (χ2n) is 22.9. The fourth-order valence-electron chi connectivity index (χ4n) is 15.9. The maximum atomic E-state index is 6.80. The predicted octanol–water partition coefficient (Wildman–Crippen LogP) is 20.1. The van der Waals surface area contributed by atoms with Crippen LogP contribution >= 0.6 is 0 Å². The number of ether oxygens (including phenoxy) is 2. The summed E-state index contributed by atoms with van der Waals surface area (Å²) >= 11 is 0. The van der Waals surface area contributed by atoms with Gasteiger partial charge < -0.3 is 14.4 Å². The van der Waals surface area contributed by atoms with Gasteiger partial charge in [-0.2, -0.15) is 0 Å². The van der Waals surface area contributed by atoms with Gasteiger partial charge in [0.2, 0.25) is 0 Å². The molecule has 18 rings (SSSR count). The lowest BCUT2D eigenvalue weighted by Crippen LogP contribution is -2.32. The molecule has 0 bridgehead atoms. The number of hydrogen-bond donors (Lipinski definition) is 0. The Hall–Kier alpha value is -10.7. The van der Waals surface area contributed by atoms with E-state index in [-0.39, 0.29) is 0 Å². The van der Waals surface area contributed by atoms with E-state index in [1.54, 1.807) is 0 Å². The van der Waals surface area contributed by atoms with Gasteiger partial charge in [0.05, 0.1) is 21.9 Å². The highest BCUT2D eigenvalue weighted by Gasteiger charge is 2.54. The molecule has 13 aromatic rings. The van der Waals surface area contributed by atoms with Crippen molar-refractivity contribution >= 4 is 17.1 Å². The summed E-state index contributed by atoms with van der Waals surface area (Å²) in [6, 6.07) is 114. The SMILES string of the molecule is c1ccc(C2(c3ccccc3)c3ccccc3-c3ccc(N(c4ccc(-c5ccc6c(c5)-c5ccccc5C65c6ccccc6Oc6ccccc65)cc4)c4cccc5c4-c4ccccc4C54c5ccccc5Oc5ccccc54)cc32)cc1. The van der Waals surface area contributed by atoms with Crippen LogP contribution in [0.1, 0.15) is 66.8 Å². The first-order valence-electron chi connectivity index (χ1n) is 29.1. The van der Waals surface area contributed by atoms with E-state index in [4.69, 9.17) is 9.47 Å². The molecule has 2 heterocycles. The molecule has 0 aromatic heterocycles. The Morgan fingerprint density at radius 2 is 0.619 bits per heavy atom. The minimum Gasteiger partial charge on any atom is -0.457 e. The molecule has 5 aliphatic rings. The van der Waals surface area contributed by atoms with Crippen molar-refractivity contribution in [2.75, 3.05) is 4.90 Å². The van der Waals surface area contributed by atoms with Gasteiger partial charge in [-0.1, -0.05) is 249 Å². The lowest BCUT2D eigenvalue weighted by Gasteiger charge is -2.39. The summed E-state index contributed by atoms with van der Waals surface area (Å²) in [7, 11) is 0. The monoisotopic (exact) mass is 1070 g/mol. The molecule has 0 N–H and O–H groups in total. The van der Waals surface area contributed by atoms with Gasteiger partial charge >= 0.3 is 0 Å². The van der Waals surface area contributed by atoms with Crippen molar-refractivity contribution in [3.63, 3.8) is 0 Å². The first-order valence-corrected chi connectivity index (χ1v) is 29.1. The third kappa shape index (κ3) is 6.09. The topological polar surface area (TPSA) is 21.7 Å². The van der Waals surface area contributed by atoms with Crippen molar-refractivity contribution in [2.45, 2.75) is 16.2 Å². The number of rotatable bonds is 6. The van der Waals surface area contributed by atoms with Gasteiger partial charge in [-0.25, -0.2) is 0 Å². The fourth-order valence-corrected chi connectivity index (χ4v) is 15.9. The number of para-hydroxylation sites is 4. The molecule has 392 valence electrons. The molecule has 0 saturated heterocycles. The lowest BCUT2D eigenvalue weighted by molar-refractivity contribution is 0.436. The van der Waals surface area contributed by atoms with E-state index in [1.165, 1.54) is 89.0 Å². The number of fused-ring (bicyclic) bond motifs is 21. The van der Waals surface area contributed by atoms with Crippen LogP contribution in [0.25, 0.3) is 44.5 Å². The highest BCUT2D eigenvalue weighted by atomic mass is 16.5. The third-order valence-corrected chi connectivity index (χ3v) is 19.1. The van der Waals surface area contributed by atoms with Crippen LogP contribution in [0.5, 0.6) is 23.0 Å². The van der Waals surface area contributed by atoms with E-state index >= 15 is 0 Å². The summed E-state index contributed by atoms with van der Waals surface area (Å²) < 4.78 is 13.5. The highest BCUT2D eigenvalue weighted by molar-refractivity contribution is 6.00. The van der Waals surface area contributed by atoms with E-state index in [1.807, 2.05) is 0 Å². The van der Waals surface area contributed by atoms with Crippen LogP contribution in [0.3, 0.4) is 0 Å². The van der Waals surface area contributed by atoms with Crippen molar-refractivity contribution in [3.8, 4) is 67.5 Å². The number of hydrogen-bond acceptors (Lipinski definition) is 3. The molecule has 0 radical (unpaired) electrons. The van der Waals surface area contributed by atoms with E-state index in [0.717, 1.165) is 62.3 Å². The molecule has 84 heavy (non-hydrogen) atoms. The average molecular weight is 1070 g/mol. The molecule has 2 spiro atoms. The fraction of sp³-hybridized carbons (Fsp3) is 0.0370. The second-order valence-corrected chi connectivity index (χ2v) is 22.9. The summed E-state index contributed by atoms with van der Waals surface area (Å²) in [6.45, 7) is 0. The Kier molecular flexibility index (Phi) is 9.86. The first-order chi connectivity index (χ1) is 41.7. The summed E-state index contributed by atoms with van der Waals surface area (Å²) in [5.41, 5.74) is 25.8. The van der Waals surface area contributed by atoms with Crippen LogP contribution < -0.4 is 14.4 Å². The van der Waals surface area contributed by atoms with Crippen molar-refractivity contribution < 1.29 is 9.47 Å². The van der Waals surface area contributed by atoms with Crippen molar-refractivity contribution in [2.24, 2.45) is 0 Å². The smallest absolute Gasteiger partial charge is 0.132 e. The van der Waals surface area contributed by atoms with Crippen molar-refractivity contribution in [1.82, 2.24) is 0 Å². The van der Waals surface area contributed by atoms with Crippen LogP contribution in [-0.2, 0) is 16.2 Å². The zero-order valence-corrected chi connectivity index (χ0v) is 45.7. The average Bonchev–Trinajstić information content (AvgIpc) is 1.65. The van der Waals surface area contributed by atoms with Crippen LogP contribution in [0.4, 0.5) is 17.1 Å². The van der Waals surface area contributed by atoms with E-state index in [9.17, 15) is 0 Å². The molecular formula is C81H51NO2. The molecule has 2 aliphatic heterocycles. The Morgan fingerprint density at radius 3 is 1.18 bits per heavy atom. The molecular weight excluding hydrogens is 1020 g/mol. The lowest BCUT2D eigenvalue weighted by atomic mass is 9.66. The van der Waals surface area contributed by atoms with Gasteiger partial charge in [0.1, 0.15) is 23.0 Å². The quantitative estimate of drug-likeness (QED) is 0.166. The molecule has 0 amide bonds. The van der Waals surface area contributed by atoms with E-state index < -0.39 is 16.2 Å². The summed E-state index contributed by atoms with van der Waals surface area (Å²) in [5.74, 6) is 3.54. The predicted molar refractivity (Wildman–Crippen MR) is 339 cm³/mol. The van der Waals surface area contributed by atoms with Gasteiger partial charge in [-0.15, -0.1) is 0 Å². The molecule has 13 aromatic carbocycles. The second kappa shape index (κ2) is 17.6. The van der Waals surface area contributed by atoms with Gasteiger partial charge in [0.15, 0.2) is 0 Å². The first kappa shape index (κ1) is 47.0. The Morgan fingerprint density at radius 1 is 0.226 bits per heavy atom. The normalized spacial score (nSPS) is 14.7. The zero-order chi connectivity index (χ0) is 55.1. The number of anilines is 3. The van der Waals surface area contributed by atoms with Crippen LogP contribution in [0.2, 0.25) is 0 Å². The Bertz CT molecular complexity index is 4730. The van der Waals surface area contributed by atoms with E-state index in [0.29, 0.717) is 0 Å². The van der Waals surface area contributed by atoms with Gasteiger partial charge in [0.25, 0.3) is 0 Å². The molecule has 0 saturated carbocycles. The molecule has 3 aliphatic carbocycles. The van der Waals surface area contributed by atoms with Crippen LogP contribution in [-0.4, -0.2) is 0 Å². The number of nitrogens with zero attached hydrogens (tertiary/aromatic N) is 1. The minimum atomic E-state index is -0.641. The molecule has 3 nitrogen and oxygen atoms in total. The Balaban J connectivity index is 0.862. The molecule has 0 atom stereocenters. The van der Waals surface area contributed by atoms with E-state index in [2.05, 4.69) is 314 Å². The standard InChI is InChI=1S/C81H51NO2/c1-3-22-54(23-4-1)79(55-24-5-2-6-25-55)63-29-10-7-26-58(63)60-48-47-57(51-72(60)79)82(73-37-21-36-71-78(73)61-28-9-12-31-65(61)81(71)69-34-15-19-40-76(69)84-77-41-20-16-35-70(77)81)56-45-42-52(43-46-56)53-44-49-66-62(50-53)59-27-8-11-30-64(59)80(66)67-32-13-17-38-74(67)83-75-39-18-14-33-68(75)80/h1-51H.